The zero-order chi connectivity index (χ0) is 13.8. The van der Waals surface area contributed by atoms with Crippen LogP contribution in [0.1, 0.15) is 50.5 Å². The van der Waals surface area contributed by atoms with Crippen LogP contribution in [-0.4, -0.2) is 19.7 Å². The number of rotatable bonds is 5. The van der Waals surface area contributed by atoms with Crippen molar-refractivity contribution in [3.8, 4) is 5.75 Å². The highest BCUT2D eigenvalue weighted by atomic mass is 16.5. The van der Waals surface area contributed by atoms with Crippen molar-refractivity contribution in [3.05, 3.63) is 29.8 Å². The number of nitrogens with one attached hydrogen (secondary N) is 1. The maximum Gasteiger partial charge on any atom is 0.122 e. The van der Waals surface area contributed by atoms with Crippen molar-refractivity contribution >= 4 is 0 Å². The summed E-state index contributed by atoms with van der Waals surface area (Å²) in [4.78, 5) is 0. The van der Waals surface area contributed by atoms with Crippen LogP contribution >= 0.6 is 0 Å². The van der Waals surface area contributed by atoms with E-state index in [4.69, 9.17) is 4.74 Å². The summed E-state index contributed by atoms with van der Waals surface area (Å²) in [6, 6.07) is 8.46. The predicted octanol–water partition coefficient (Wildman–Crippen LogP) is 3.97. The molecule has 0 radical (unpaired) electrons. The smallest absolute Gasteiger partial charge is 0.122 e. The van der Waals surface area contributed by atoms with Crippen molar-refractivity contribution in [2.45, 2.75) is 44.9 Å². The molecule has 20 heavy (non-hydrogen) atoms. The number of para-hydroxylation sites is 1. The Bertz CT molecular complexity index is 431. The molecule has 3 unspecified atom stereocenters. The van der Waals surface area contributed by atoms with Crippen LogP contribution in [0.15, 0.2) is 24.3 Å². The maximum absolute atomic E-state index is 5.73. The summed E-state index contributed by atoms with van der Waals surface area (Å²) in [7, 11) is 0. The van der Waals surface area contributed by atoms with Crippen LogP contribution in [0.3, 0.4) is 0 Å². The second kappa shape index (κ2) is 6.62. The second-order valence-electron chi connectivity index (χ2n) is 6.68. The molecule has 0 amide bonds. The summed E-state index contributed by atoms with van der Waals surface area (Å²) in [6.45, 7) is 5.47. The number of fused-ring (bicyclic) bond motifs is 1. The lowest BCUT2D eigenvalue weighted by atomic mass is 9.81. The highest BCUT2D eigenvalue weighted by Gasteiger charge is 2.23. The minimum absolute atomic E-state index is 0.538. The molecule has 0 bridgehead atoms. The Labute approximate surface area is 122 Å². The number of hydrogen-bond acceptors (Lipinski definition) is 2. The van der Waals surface area contributed by atoms with Gasteiger partial charge < -0.3 is 10.1 Å². The van der Waals surface area contributed by atoms with E-state index in [0.29, 0.717) is 5.92 Å². The molecule has 3 atom stereocenters. The number of hydrogen-bond donors (Lipinski definition) is 1. The molecule has 1 heterocycles. The first-order chi connectivity index (χ1) is 9.83. The van der Waals surface area contributed by atoms with Gasteiger partial charge in [0, 0.05) is 18.0 Å². The van der Waals surface area contributed by atoms with E-state index in [-0.39, 0.29) is 0 Å². The van der Waals surface area contributed by atoms with Gasteiger partial charge in [0.2, 0.25) is 0 Å². The normalized spacial score (nSPS) is 28.9. The average Bonchev–Trinajstić information content (AvgIpc) is 2.87. The van der Waals surface area contributed by atoms with Crippen molar-refractivity contribution in [1.29, 1.82) is 0 Å². The third kappa shape index (κ3) is 3.35. The average molecular weight is 273 g/mol. The molecular formula is C18H27NO. The summed E-state index contributed by atoms with van der Waals surface area (Å²) in [5.41, 5.74) is 1.38. The lowest BCUT2D eigenvalue weighted by molar-refractivity contribution is 0.266. The molecule has 1 aromatic rings. The molecule has 3 rings (SSSR count). The van der Waals surface area contributed by atoms with E-state index in [2.05, 4.69) is 36.5 Å². The van der Waals surface area contributed by atoms with Gasteiger partial charge in [-0.25, -0.2) is 0 Å². The zero-order valence-corrected chi connectivity index (χ0v) is 12.6. The SMILES string of the molecule is CC1CCCC(CCNCC2COc3ccccc32)C1. The zero-order valence-electron chi connectivity index (χ0n) is 12.6. The van der Waals surface area contributed by atoms with Crippen LogP contribution in [-0.2, 0) is 0 Å². The van der Waals surface area contributed by atoms with Crippen molar-refractivity contribution in [2.75, 3.05) is 19.7 Å². The summed E-state index contributed by atoms with van der Waals surface area (Å²) in [5.74, 6) is 3.53. The third-order valence-corrected chi connectivity index (χ3v) is 4.96. The summed E-state index contributed by atoms with van der Waals surface area (Å²) in [6.07, 6.45) is 7.12. The molecule has 110 valence electrons. The number of benzene rings is 1. The van der Waals surface area contributed by atoms with Crippen molar-refractivity contribution in [1.82, 2.24) is 5.32 Å². The Hall–Kier alpha value is -1.02. The van der Waals surface area contributed by atoms with Crippen LogP contribution in [0.25, 0.3) is 0 Å². The van der Waals surface area contributed by atoms with E-state index in [1.165, 1.54) is 37.7 Å². The summed E-state index contributed by atoms with van der Waals surface area (Å²) >= 11 is 0. The Kier molecular flexibility index (Phi) is 4.62. The molecule has 1 saturated carbocycles. The molecule has 1 aliphatic heterocycles. The van der Waals surface area contributed by atoms with Crippen molar-refractivity contribution < 1.29 is 4.74 Å². The monoisotopic (exact) mass is 273 g/mol. The minimum Gasteiger partial charge on any atom is -0.493 e. The molecule has 0 saturated heterocycles. The molecule has 2 aliphatic rings. The molecule has 2 heteroatoms. The maximum atomic E-state index is 5.73. The van der Waals surface area contributed by atoms with Crippen LogP contribution in [0.4, 0.5) is 0 Å². The van der Waals surface area contributed by atoms with E-state index in [0.717, 1.165) is 37.3 Å². The first-order valence-electron chi connectivity index (χ1n) is 8.25. The lowest BCUT2D eigenvalue weighted by Crippen LogP contribution is -2.26. The molecular weight excluding hydrogens is 246 g/mol. The van der Waals surface area contributed by atoms with E-state index < -0.39 is 0 Å². The van der Waals surface area contributed by atoms with E-state index in [9.17, 15) is 0 Å². The van der Waals surface area contributed by atoms with Gasteiger partial charge in [-0.1, -0.05) is 44.4 Å². The fraction of sp³-hybridized carbons (Fsp3) is 0.667. The highest BCUT2D eigenvalue weighted by molar-refractivity contribution is 5.39. The first kappa shape index (κ1) is 13.9. The van der Waals surface area contributed by atoms with Gasteiger partial charge in [-0.05, 0) is 37.3 Å². The van der Waals surface area contributed by atoms with Crippen molar-refractivity contribution in [2.24, 2.45) is 11.8 Å². The summed E-state index contributed by atoms with van der Waals surface area (Å²) in [5, 5.41) is 3.65. The fourth-order valence-corrected chi connectivity index (χ4v) is 3.80. The van der Waals surface area contributed by atoms with Gasteiger partial charge in [-0.15, -0.1) is 0 Å². The van der Waals surface area contributed by atoms with E-state index in [1.54, 1.807) is 0 Å². The van der Waals surface area contributed by atoms with Gasteiger partial charge in [-0.2, -0.15) is 0 Å². The van der Waals surface area contributed by atoms with Gasteiger partial charge in [0.05, 0.1) is 6.61 Å². The standard InChI is InChI=1S/C18H27NO/c1-14-5-4-6-15(11-14)9-10-19-12-16-13-20-18-8-3-2-7-17(16)18/h2-3,7-8,14-16,19H,4-6,9-13H2,1H3. The van der Waals surface area contributed by atoms with E-state index in [1.807, 2.05) is 0 Å². The molecule has 0 aromatic heterocycles. The lowest BCUT2D eigenvalue weighted by Gasteiger charge is -2.26. The minimum atomic E-state index is 0.538. The Morgan fingerprint density at radius 3 is 3.05 bits per heavy atom. The first-order valence-corrected chi connectivity index (χ1v) is 8.25. The Morgan fingerprint density at radius 1 is 1.25 bits per heavy atom. The van der Waals surface area contributed by atoms with Crippen molar-refractivity contribution in [3.63, 3.8) is 0 Å². The predicted molar refractivity (Wildman–Crippen MR) is 83.3 cm³/mol. The molecule has 2 nitrogen and oxygen atoms in total. The van der Waals surface area contributed by atoms with Gasteiger partial charge >= 0.3 is 0 Å². The molecule has 0 spiro atoms. The molecule has 1 fully saturated rings. The van der Waals surface area contributed by atoms with Crippen LogP contribution in [0, 0.1) is 11.8 Å². The molecule has 1 N–H and O–H groups in total. The highest BCUT2D eigenvalue weighted by Crippen LogP contribution is 2.33. The topological polar surface area (TPSA) is 21.3 Å². The fourth-order valence-electron chi connectivity index (χ4n) is 3.80. The van der Waals surface area contributed by atoms with Gasteiger partial charge in [0.1, 0.15) is 5.75 Å². The Balaban J connectivity index is 1.38. The van der Waals surface area contributed by atoms with Gasteiger partial charge in [0.25, 0.3) is 0 Å². The quantitative estimate of drug-likeness (QED) is 0.820. The summed E-state index contributed by atoms with van der Waals surface area (Å²) < 4.78 is 5.73. The van der Waals surface area contributed by atoms with Gasteiger partial charge in [0.15, 0.2) is 0 Å². The van der Waals surface area contributed by atoms with Gasteiger partial charge in [-0.3, -0.25) is 0 Å². The Morgan fingerprint density at radius 2 is 2.15 bits per heavy atom. The van der Waals surface area contributed by atoms with Crippen LogP contribution < -0.4 is 10.1 Å². The van der Waals surface area contributed by atoms with Crippen LogP contribution in [0.2, 0.25) is 0 Å². The van der Waals surface area contributed by atoms with E-state index >= 15 is 0 Å². The largest absolute Gasteiger partial charge is 0.493 e. The second-order valence-corrected chi connectivity index (χ2v) is 6.68. The molecule has 1 aromatic carbocycles. The number of ether oxygens (including phenoxy) is 1. The van der Waals surface area contributed by atoms with Crippen LogP contribution in [0.5, 0.6) is 5.75 Å². The molecule has 1 aliphatic carbocycles. The third-order valence-electron chi connectivity index (χ3n) is 4.96.